The van der Waals surface area contributed by atoms with Crippen molar-refractivity contribution >= 4 is 44.3 Å². The van der Waals surface area contributed by atoms with Crippen molar-refractivity contribution in [1.29, 1.82) is 0 Å². The second-order valence-corrected chi connectivity index (χ2v) is 13.3. The molecule has 0 aliphatic carbocycles. The molecule has 0 saturated heterocycles. The predicted molar refractivity (Wildman–Crippen MR) is 191 cm³/mol. The molecule has 0 spiro atoms. The van der Waals surface area contributed by atoms with E-state index >= 15 is 0 Å². The summed E-state index contributed by atoms with van der Waals surface area (Å²) in [6, 6.07) is 31.2. The van der Waals surface area contributed by atoms with Gasteiger partial charge in [-0.15, -0.1) is 0 Å². The van der Waals surface area contributed by atoms with Crippen molar-refractivity contribution in [3.05, 3.63) is 141 Å². The molecule has 46 heavy (non-hydrogen) atoms. The van der Waals surface area contributed by atoms with Crippen LogP contribution in [0.2, 0.25) is 0 Å². The van der Waals surface area contributed by atoms with Crippen molar-refractivity contribution in [1.82, 2.24) is 0 Å². The summed E-state index contributed by atoms with van der Waals surface area (Å²) in [7, 11) is 0. The number of fused-ring (bicyclic) bond motifs is 4. The van der Waals surface area contributed by atoms with Crippen LogP contribution in [0.15, 0.2) is 96.7 Å². The second-order valence-electron chi connectivity index (χ2n) is 13.3. The van der Waals surface area contributed by atoms with Crippen molar-refractivity contribution < 1.29 is 9.47 Å². The first kappa shape index (κ1) is 28.3. The quantitative estimate of drug-likeness (QED) is 0.197. The third-order valence-corrected chi connectivity index (χ3v) is 9.58. The number of ether oxygens (including phenoxy) is 2. The highest BCUT2D eigenvalue weighted by Gasteiger charge is 2.40. The molecule has 2 aliphatic heterocycles. The van der Waals surface area contributed by atoms with Gasteiger partial charge in [0.25, 0.3) is 11.8 Å². The molecule has 0 N–H and O–H groups in total. The van der Waals surface area contributed by atoms with E-state index in [0.717, 1.165) is 45.0 Å². The fraction of sp³-hybridized carbons (Fsp3) is 0.190. The molecule has 4 nitrogen and oxygen atoms in total. The lowest BCUT2D eigenvalue weighted by Gasteiger charge is -2.26. The van der Waals surface area contributed by atoms with Crippen LogP contribution < -0.4 is 19.3 Å². The third kappa shape index (κ3) is 4.35. The van der Waals surface area contributed by atoms with Crippen LogP contribution in [-0.2, 0) is 0 Å². The van der Waals surface area contributed by atoms with Gasteiger partial charge >= 0.3 is 0 Å². The van der Waals surface area contributed by atoms with Gasteiger partial charge in [-0.2, -0.15) is 0 Å². The summed E-state index contributed by atoms with van der Waals surface area (Å²) in [5.74, 6) is 2.95. The summed E-state index contributed by atoms with van der Waals surface area (Å²) in [6.45, 7) is 17.2. The highest BCUT2D eigenvalue weighted by atomic mass is 16.6. The lowest BCUT2D eigenvalue weighted by atomic mass is 10.0. The van der Waals surface area contributed by atoms with E-state index in [2.05, 4.69) is 150 Å². The van der Waals surface area contributed by atoms with Crippen LogP contribution in [0.1, 0.15) is 44.5 Å². The first-order valence-corrected chi connectivity index (χ1v) is 16.0. The van der Waals surface area contributed by atoms with Crippen LogP contribution in [0.5, 0.6) is 11.5 Å². The van der Waals surface area contributed by atoms with E-state index in [4.69, 9.17) is 9.47 Å². The van der Waals surface area contributed by atoms with Crippen molar-refractivity contribution in [2.45, 2.75) is 55.4 Å². The van der Waals surface area contributed by atoms with Gasteiger partial charge in [0.1, 0.15) is 0 Å². The number of nitrogens with zero attached hydrogens (tertiary/aromatic N) is 2. The zero-order chi connectivity index (χ0) is 32.0. The maximum Gasteiger partial charge on any atom is 0.268 e. The second kappa shape index (κ2) is 10.1. The fourth-order valence-electron chi connectivity index (χ4n) is 6.94. The van der Waals surface area contributed by atoms with Crippen LogP contribution in [0.3, 0.4) is 0 Å². The number of anilines is 4. The Hall–Kier alpha value is -5.22. The van der Waals surface area contributed by atoms with Gasteiger partial charge in [-0.1, -0.05) is 59.7 Å². The lowest BCUT2D eigenvalue weighted by Crippen LogP contribution is -2.25. The molecule has 0 saturated carbocycles. The van der Waals surface area contributed by atoms with E-state index in [1.165, 1.54) is 55.3 Å². The van der Waals surface area contributed by atoms with E-state index in [1.54, 1.807) is 0 Å². The molecular weight excluding hydrogens is 564 g/mol. The minimum Gasteiger partial charge on any atom is -0.433 e. The molecule has 4 heteroatoms. The monoisotopic (exact) mass is 602 g/mol. The number of hydrogen-bond acceptors (Lipinski definition) is 4. The molecule has 0 bridgehead atoms. The van der Waals surface area contributed by atoms with E-state index in [1.807, 2.05) is 0 Å². The third-order valence-electron chi connectivity index (χ3n) is 9.58. The SMILES string of the molecule is Cc1ccc2c(N3/C(=C4\Oc5cc(C)c(C)cc5N4c4cc(C)cc5cc(C)ccc45)Oc4cc(C)c(C)cc43)cc(C)cc2c1. The van der Waals surface area contributed by atoms with Crippen molar-refractivity contribution in [2.75, 3.05) is 9.80 Å². The zero-order valence-corrected chi connectivity index (χ0v) is 27.8. The Morgan fingerprint density at radius 1 is 0.370 bits per heavy atom. The molecule has 0 fully saturated rings. The Labute approximate surface area is 271 Å². The molecular formula is C42H38N2O2. The number of hydrogen-bond donors (Lipinski definition) is 0. The van der Waals surface area contributed by atoms with Crippen molar-refractivity contribution in [2.24, 2.45) is 0 Å². The van der Waals surface area contributed by atoms with Crippen LogP contribution in [0, 0.1) is 55.4 Å². The van der Waals surface area contributed by atoms with Crippen molar-refractivity contribution in [3.8, 4) is 11.5 Å². The summed E-state index contributed by atoms with van der Waals surface area (Å²) in [5.41, 5.74) is 13.8. The maximum absolute atomic E-state index is 6.95. The van der Waals surface area contributed by atoms with Gasteiger partial charge in [-0.25, -0.2) is 0 Å². The topological polar surface area (TPSA) is 24.9 Å². The Morgan fingerprint density at radius 3 is 1.15 bits per heavy atom. The molecule has 2 aliphatic rings. The van der Waals surface area contributed by atoms with Gasteiger partial charge in [0.15, 0.2) is 11.5 Å². The first-order valence-electron chi connectivity index (χ1n) is 16.0. The Balaban J connectivity index is 1.47. The molecule has 228 valence electrons. The highest BCUT2D eigenvalue weighted by molar-refractivity contribution is 6.02. The number of aryl methyl sites for hydroxylation is 8. The standard InChI is InChI=1S/C42H38N2O2/c1-23-9-11-33-31(13-23)15-25(3)17-35(33)43-37-19-27(5)29(7)21-39(37)45-41(43)42-44(38-20-28(6)30(8)22-40(38)46-42)36-18-26(4)16-32-14-24(2)10-12-34(32)36/h9-22H,1-8H3/b42-41+. The Bertz CT molecular complexity index is 2140. The summed E-state index contributed by atoms with van der Waals surface area (Å²) >= 11 is 0. The van der Waals surface area contributed by atoms with Gasteiger partial charge < -0.3 is 9.47 Å². The highest BCUT2D eigenvalue weighted by Crippen LogP contribution is 2.53. The molecule has 0 atom stereocenters. The molecule has 8 rings (SSSR count). The lowest BCUT2D eigenvalue weighted by molar-refractivity contribution is 0.367. The molecule has 2 heterocycles. The van der Waals surface area contributed by atoms with Crippen LogP contribution in [0.4, 0.5) is 22.7 Å². The molecule has 0 radical (unpaired) electrons. The van der Waals surface area contributed by atoms with Crippen LogP contribution >= 0.6 is 0 Å². The minimum absolute atomic E-state index is 0.653. The van der Waals surface area contributed by atoms with Gasteiger partial charge in [0.05, 0.1) is 22.7 Å². The maximum atomic E-state index is 6.95. The number of benzene rings is 6. The van der Waals surface area contributed by atoms with E-state index in [9.17, 15) is 0 Å². The van der Waals surface area contributed by atoms with E-state index in [-0.39, 0.29) is 0 Å². The Kier molecular flexibility index (Phi) is 6.24. The van der Waals surface area contributed by atoms with Gasteiger partial charge in [-0.3, -0.25) is 9.80 Å². The predicted octanol–water partition coefficient (Wildman–Crippen LogP) is 11.3. The normalized spacial score (nSPS) is 15.4. The molecule has 0 amide bonds. The van der Waals surface area contributed by atoms with Crippen LogP contribution in [-0.4, -0.2) is 0 Å². The minimum atomic E-state index is 0.653. The summed E-state index contributed by atoms with van der Waals surface area (Å²) < 4.78 is 13.9. The average Bonchev–Trinajstić information content (AvgIpc) is 3.53. The van der Waals surface area contributed by atoms with Crippen LogP contribution in [0.25, 0.3) is 21.5 Å². The fourth-order valence-corrected chi connectivity index (χ4v) is 6.94. The van der Waals surface area contributed by atoms with E-state index in [0.29, 0.717) is 11.8 Å². The van der Waals surface area contributed by atoms with Gasteiger partial charge in [0, 0.05) is 10.8 Å². The summed E-state index contributed by atoms with van der Waals surface area (Å²) in [6.07, 6.45) is 0. The molecule has 0 unspecified atom stereocenters. The smallest absolute Gasteiger partial charge is 0.268 e. The van der Waals surface area contributed by atoms with Crippen molar-refractivity contribution in [3.63, 3.8) is 0 Å². The molecule has 0 aromatic heterocycles. The first-order chi connectivity index (χ1) is 22.0. The molecule has 6 aromatic carbocycles. The van der Waals surface area contributed by atoms with E-state index < -0.39 is 0 Å². The van der Waals surface area contributed by atoms with Gasteiger partial charge in [-0.05, 0) is 136 Å². The average molecular weight is 603 g/mol. The molecule has 6 aromatic rings. The zero-order valence-electron chi connectivity index (χ0n) is 27.8. The summed E-state index contributed by atoms with van der Waals surface area (Å²) in [4.78, 5) is 4.53. The summed E-state index contributed by atoms with van der Waals surface area (Å²) in [5, 5.41) is 4.73. The largest absolute Gasteiger partial charge is 0.433 e. The number of rotatable bonds is 2. The van der Waals surface area contributed by atoms with Gasteiger partial charge in [0.2, 0.25) is 0 Å². The Morgan fingerprint density at radius 2 is 0.739 bits per heavy atom.